The summed E-state index contributed by atoms with van der Waals surface area (Å²) in [6.45, 7) is 15.2. The summed E-state index contributed by atoms with van der Waals surface area (Å²) < 4.78 is 33.5. The van der Waals surface area contributed by atoms with E-state index in [0.717, 1.165) is 43.0 Å². The van der Waals surface area contributed by atoms with Gasteiger partial charge in [-0.1, -0.05) is 27.7 Å². The second-order valence-electron chi connectivity index (χ2n) is 13.1. The van der Waals surface area contributed by atoms with Crippen molar-refractivity contribution in [2.75, 3.05) is 25.1 Å². The Kier molecular flexibility index (Phi) is 8.38. The number of halogens is 1. The first-order valence-electron chi connectivity index (χ1n) is 14.6. The fraction of sp³-hybridized carbons (Fsp3) is 0.500. The molecule has 0 spiro atoms. The average Bonchev–Trinajstić information content (AvgIpc) is 3.30. The summed E-state index contributed by atoms with van der Waals surface area (Å²) in [4.78, 5) is 13.1. The number of fused-ring (bicyclic) bond motifs is 1. The van der Waals surface area contributed by atoms with Gasteiger partial charge in [0.15, 0.2) is 14.1 Å². The lowest BCUT2D eigenvalue weighted by Gasteiger charge is -2.39. The van der Waals surface area contributed by atoms with Gasteiger partial charge in [-0.05, 0) is 66.4 Å². The molecule has 1 fully saturated rings. The van der Waals surface area contributed by atoms with Gasteiger partial charge in [0.1, 0.15) is 17.5 Å². The van der Waals surface area contributed by atoms with Gasteiger partial charge in [0.2, 0.25) is 11.8 Å². The minimum absolute atomic E-state index is 0.00430. The second kappa shape index (κ2) is 11.7. The lowest BCUT2D eigenvalue weighted by molar-refractivity contribution is 0.0240. The lowest BCUT2D eigenvalue weighted by atomic mass is 9.83. The molecule has 3 heterocycles. The first-order valence-corrected chi connectivity index (χ1v) is 17.5. The number of benzene rings is 1. The molecule has 8 nitrogen and oxygen atoms in total. The average molecular weight is 590 g/mol. The van der Waals surface area contributed by atoms with E-state index >= 15 is 4.39 Å². The molecule has 0 bridgehead atoms. The van der Waals surface area contributed by atoms with Crippen molar-refractivity contribution in [1.29, 1.82) is 5.26 Å². The molecular formula is C32H40FN5O3Si. The van der Waals surface area contributed by atoms with Crippen LogP contribution >= 0.6 is 0 Å². The Morgan fingerprint density at radius 1 is 1.21 bits per heavy atom. The predicted molar refractivity (Wildman–Crippen MR) is 163 cm³/mol. The van der Waals surface area contributed by atoms with Crippen LogP contribution in [0, 0.1) is 17.1 Å². The van der Waals surface area contributed by atoms with Crippen LogP contribution in [-0.4, -0.2) is 49.2 Å². The highest BCUT2D eigenvalue weighted by molar-refractivity contribution is 6.74. The quantitative estimate of drug-likeness (QED) is 0.278. The number of ether oxygens (including phenoxy) is 2. The number of hydrogen-bond donors (Lipinski definition) is 1. The number of nitriles is 1. The van der Waals surface area contributed by atoms with Crippen LogP contribution in [0.2, 0.25) is 18.1 Å². The van der Waals surface area contributed by atoms with E-state index in [9.17, 15) is 5.26 Å². The van der Waals surface area contributed by atoms with E-state index in [2.05, 4.69) is 67.1 Å². The van der Waals surface area contributed by atoms with Gasteiger partial charge in [0, 0.05) is 36.6 Å². The van der Waals surface area contributed by atoms with Gasteiger partial charge >= 0.3 is 0 Å². The van der Waals surface area contributed by atoms with Crippen LogP contribution in [0.3, 0.4) is 0 Å². The first-order chi connectivity index (χ1) is 19.9. The predicted octanol–water partition coefficient (Wildman–Crippen LogP) is 7.08. The number of rotatable bonds is 8. The first kappa shape index (κ1) is 30.1. The summed E-state index contributed by atoms with van der Waals surface area (Å²) in [5, 5.41) is 13.3. The minimum atomic E-state index is -1.99. The van der Waals surface area contributed by atoms with E-state index in [1.165, 1.54) is 0 Å². The van der Waals surface area contributed by atoms with Gasteiger partial charge in [-0.15, -0.1) is 0 Å². The van der Waals surface area contributed by atoms with Crippen LogP contribution in [0.1, 0.15) is 63.6 Å². The Morgan fingerprint density at radius 2 is 1.98 bits per heavy atom. The maximum Gasteiger partial charge on any atom is 0.238 e. The Balaban J connectivity index is 1.45. The number of pyridine rings is 1. The van der Waals surface area contributed by atoms with Crippen molar-refractivity contribution in [1.82, 2.24) is 15.0 Å². The van der Waals surface area contributed by atoms with Crippen molar-refractivity contribution in [3.63, 3.8) is 0 Å². The SMILES string of the molecule is CC1(CO[Si](C)(C)C(C)(C)C)CCc2c(C#N)cc(-c3nc(Nc4cccnc4OC4CCOCC4)ncc3F)cc21. The molecule has 2 aromatic heterocycles. The van der Waals surface area contributed by atoms with Gasteiger partial charge in [-0.25, -0.2) is 19.3 Å². The summed E-state index contributed by atoms with van der Waals surface area (Å²) in [6, 6.07) is 9.67. The molecule has 10 heteroatoms. The highest BCUT2D eigenvalue weighted by Crippen LogP contribution is 2.45. The van der Waals surface area contributed by atoms with Crippen molar-refractivity contribution < 1.29 is 18.3 Å². The maximum absolute atomic E-state index is 15.3. The van der Waals surface area contributed by atoms with Crippen LogP contribution in [0.15, 0.2) is 36.7 Å². The molecule has 3 aromatic rings. The van der Waals surface area contributed by atoms with Gasteiger partial charge in [0.25, 0.3) is 0 Å². The van der Waals surface area contributed by atoms with E-state index < -0.39 is 14.1 Å². The Morgan fingerprint density at radius 3 is 2.69 bits per heavy atom. The molecule has 1 aliphatic heterocycles. The van der Waals surface area contributed by atoms with Gasteiger partial charge in [-0.3, -0.25) is 0 Å². The van der Waals surface area contributed by atoms with Crippen molar-refractivity contribution in [3.8, 4) is 23.2 Å². The molecule has 222 valence electrons. The molecule has 1 aliphatic carbocycles. The zero-order valence-corrected chi connectivity index (χ0v) is 26.4. The molecule has 1 saturated heterocycles. The number of anilines is 2. The van der Waals surface area contributed by atoms with E-state index in [4.69, 9.17) is 13.9 Å². The monoisotopic (exact) mass is 589 g/mol. The van der Waals surface area contributed by atoms with Gasteiger partial charge in [-0.2, -0.15) is 5.26 Å². The van der Waals surface area contributed by atoms with E-state index in [1.54, 1.807) is 18.3 Å². The molecule has 1 unspecified atom stereocenters. The van der Waals surface area contributed by atoms with Gasteiger partial charge < -0.3 is 19.2 Å². The number of nitrogens with zero attached hydrogens (tertiary/aromatic N) is 4. The number of aromatic nitrogens is 3. The molecule has 0 amide bonds. The third-order valence-corrected chi connectivity index (χ3v) is 13.5. The standard InChI is InChI=1S/C32H40FN5O3Si/c1-31(2,3)42(5,6)40-20-32(4)12-9-24-22(18-34)16-21(17-25(24)32)28-26(33)19-36-30(38-28)37-27-8-7-13-35-29(27)41-23-10-14-39-15-11-23/h7-8,13,16-17,19,23H,9-12,14-15,20H2,1-6H3,(H,36,37,38). The molecule has 5 rings (SSSR count). The highest BCUT2D eigenvalue weighted by Gasteiger charge is 2.42. The van der Waals surface area contributed by atoms with Crippen LogP contribution in [0.25, 0.3) is 11.3 Å². The molecule has 1 N–H and O–H groups in total. The normalized spacial score (nSPS) is 19.3. The summed E-state index contributed by atoms with van der Waals surface area (Å²) in [7, 11) is -1.99. The smallest absolute Gasteiger partial charge is 0.238 e. The molecule has 42 heavy (non-hydrogen) atoms. The molecule has 2 aliphatic rings. The van der Waals surface area contributed by atoms with Crippen molar-refractivity contribution in [3.05, 3.63) is 59.2 Å². The van der Waals surface area contributed by atoms with E-state index in [0.29, 0.717) is 42.5 Å². The van der Waals surface area contributed by atoms with Crippen LogP contribution < -0.4 is 10.1 Å². The molecular weight excluding hydrogens is 549 g/mol. The fourth-order valence-corrected chi connectivity index (χ4v) is 6.35. The molecule has 1 atom stereocenters. The van der Waals surface area contributed by atoms with Crippen molar-refractivity contribution in [2.45, 2.75) is 83.0 Å². The van der Waals surface area contributed by atoms with Crippen molar-refractivity contribution in [2.24, 2.45) is 0 Å². The van der Waals surface area contributed by atoms with Crippen LogP contribution in [-0.2, 0) is 21.0 Å². The fourth-order valence-electron chi connectivity index (χ4n) is 5.24. The summed E-state index contributed by atoms with van der Waals surface area (Å²) >= 11 is 0. The Bertz CT molecular complexity index is 1500. The lowest BCUT2D eigenvalue weighted by Crippen LogP contribution is -2.44. The molecule has 0 saturated carbocycles. The Labute approximate surface area is 248 Å². The molecule has 0 radical (unpaired) electrons. The van der Waals surface area contributed by atoms with Gasteiger partial charge in [0.05, 0.1) is 31.0 Å². The summed E-state index contributed by atoms with van der Waals surface area (Å²) in [5.74, 6) is 0.0754. The zero-order chi connectivity index (χ0) is 30.1. The van der Waals surface area contributed by atoms with E-state index in [1.807, 2.05) is 12.1 Å². The number of hydrogen-bond acceptors (Lipinski definition) is 8. The van der Waals surface area contributed by atoms with E-state index in [-0.39, 0.29) is 28.2 Å². The second-order valence-corrected chi connectivity index (χ2v) is 17.9. The highest BCUT2D eigenvalue weighted by atomic mass is 28.4. The van der Waals surface area contributed by atoms with Crippen LogP contribution in [0.4, 0.5) is 16.0 Å². The number of nitrogens with one attached hydrogen (secondary N) is 1. The van der Waals surface area contributed by atoms with Crippen molar-refractivity contribution >= 4 is 20.0 Å². The third-order valence-electron chi connectivity index (χ3n) is 8.99. The Hall–Kier alpha value is -3.39. The minimum Gasteiger partial charge on any atom is -0.473 e. The topological polar surface area (TPSA) is 102 Å². The third kappa shape index (κ3) is 6.19. The van der Waals surface area contributed by atoms with Crippen LogP contribution in [0.5, 0.6) is 5.88 Å². The summed E-state index contributed by atoms with van der Waals surface area (Å²) in [5.41, 5.74) is 3.56. The largest absolute Gasteiger partial charge is 0.473 e. The zero-order valence-electron chi connectivity index (χ0n) is 25.4. The summed E-state index contributed by atoms with van der Waals surface area (Å²) in [6.07, 6.45) is 6.04. The molecule has 1 aromatic carbocycles. The maximum atomic E-state index is 15.3.